The predicted octanol–water partition coefficient (Wildman–Crippen LogP) is 6.13. The van der Waals surface area contributed by atoms with Gasteiger partial charge in [0.25, 0.3) is 5.69 Å². The summed E-state index contributed by atoms with van der Waals surface area (Å²) >= 11 is 6.39. The summed E-state index contributed by atoms with van der Waals surface area (Å²) in [4.78, 5) is 16.2. The Balaban J connectivity index is 1.56. The number of non-ortho nitro benzene ring substituents is 1. The molecule has 198 valence electrons. The van der Waals surface area contributed by atoms with Gasteiger partial charge in [-0.25, -0.2) is 9.67 Å². The number of hydrogen-bond donors (Lipinski definition) is 2. The van der Waals surface area contributed by atoms with Crippen LogP contribution < -0.4 is 11.2 Å². The van der Waals surface area contributed by atoms with Crippen LogP contribution in [0.2, 0.25) is 0 Å². The minimum atomic E-state index is -0.434. The first-order valence-corrected chi connectivity index (χ1v) is 13.4. The summed E-state index contributed by atoms with van der Waals surface area (Å²) in [5, 5.41) is 21.0. The molecule has 11 heteroatoms. The Morgan fingerprint density at radius 2 is 1.70 bits per heavy atom. The fourth-order valence-corrected chi connectivity index (χ4v) is 5.01. The molecule has 2 aromatic heterocycles. The molecule has 3 N–H and O–H groups in total. The van der Waals surface area contributed by atoms with Gasteiger partial charge in [-0.05, 0) is 49.0 Å². The van der Waals surface area contributed by atoms with Crippen molar-refractivity contribution in [3.8, 4) is 27.6 Å². The number of hydrogen-bond acceptors (Lipinski definition) is 7. The monoisotopic (exact) mass is 565 g/mol. The van der Waals surface area contributed by atoms with Gasteiger partial charge >= 0.3 is 0 Å². The molecule has 0 unspecified atom stereocenters. The lowest BCUT2D eigenvalue weighted by Crippen LogP contribution is -2.25. The van der Waals surface area contributed by atoms with E-state index < -0.39 is 4.92 Å². The number of benzene rings is 3. The third-order valence-corrected chi connectivity index (χ3v) is 7.12. The smallest absolute Gasteiger partial charge is 0.269 e. The number of thiazole rings is 1. The average molecular weight is 566 g/mol. The molecular formula is C29H23N7O2S2. The third kappa shape index (κ3) is 6.01. The van der Waals surface area contributed by atoms with E-state index in [4.69, 9.17) is 28.0 Å². The highest BCUT2D eigenvalue weighted by Crippen LogP contribution is 2.31. The van der Waals surface area contributed by atoms with E-state index in [1.54, 1.807) is 24.3 Å². The molecule has 0 atom stereocenters. The first kappa shape index (κ1) is 26.6. The minimum absolute atomic E-state index is 0.0208. The SMILES string of the molecule is Cc1nc(-n2nc(-c3ccccc3)cc2-c2ccccc2)sc1/C(C=Cc1ccc([N+](=O)[O-])cc1)=N/NC(N)=S. The Hall–Kier alpha value is -5.00. The first-order valence-electron chi connectivity index (χ1n) is 12.1. The number of rotatable bonds is 8. The van der Waals surface area contributed by atoms with Gasteiger partial charge in [-0.2, -0.15) is 10.2 Å². The zero-order valence-electron chi connectivity index (χ0n) is 21.3. The number of nitrogens with zero attached hydrogens (tertiary/aromatic N) is 5. The Kier molecular flexibility index (Phi) is 7.85. The van der Waals surface area contributed by atoms with Crippen molar-refractivity contribution in [3.63, 3.8) is 0 Å². The summed E-state index contributed by atoms with van der Waals surface area (Å²) in [5.74, 6) is 0. The van der Waals surface area contributed by atoms with Gasteiger partial charge in [0, 0.05) is 23.3 Å². The number of aromatic nitrogens is 3. The van der Waals surface area contributed by atoms with Crippen LogP contribution in [0.15, 0.2) is 102 Å². The number of nitrogens with one attached hydrogen (secondary N) is 1. The number of thiocarbonyl (C=S) groups is 1. The predicted molar refractivity (Wildman–Crippen MR) is 163 cm³/mol. The van der Waals surface area contributed by atoms with E-state index in [9.17, 15) is 10.1 Å². The molecule has 0 amide bonds. The van der Waals surface area contributed by atoms with Crippen LogP contribution >= 0.6 is 23.6 Å². The maximum absolute atomic E-state index is 11.0. The second kappa shape index (κ2) is 11.8. The van der Waals surface area contributed by atoms with Crippen molar-refractivity contribution in [1.82, 2.24) is 20.2 Å². The fourth-order valence-electron chi connectivity index (χ4n) is 3.96. The maximum atomic E-state index is 11.0. The molecule has 0 aliphatic heterocycles. The van der Waals surface area contributed by atoms with Gasteiger partial charge in [0.15, 0.2) is 5.11 Å². The van der Waals surface area contributed by atoms with E-state index >= 15 is 0 Å². The van der Waals surface area contributed by atoms with Gasteiger partial charge in [0.2, 0.25) is 5.13 Å². The molecule has 0 saturated carbocycles. The molecule has 0 aliphatic carbocycles. The summed E-state index contributed by atoms with van der Waals surface area (Å²) < 4.78 is 1.84. The number of nitro benzene ring substituents is 1. The highest BCUT2D eigenvalue weighted by molar-refractivity contribution is 7.80. The van der Waals surface area contributed by atoms with Gasteiger partial charge in [-0.1, -0.05) is 78.1 Å². The van der Waals surface area contributed by atoms with Crippen LogP contribution in [0, 0.1) is 17.0 Å². The molecule has 0 aliphatic rings. The van der Waals surface area contributed by atoms with E-state index in [-0.39, 0.29) is 10.8 Å². The zero-order chi connectivity index (χ0) is 28.1. The molecule has 0 fully saturated rings. The molecule has 5 aromatic rings. The molecule has 0 bridgehead atoms. The lowest BCUT2D eigenvalue weighted by atomic mass is 10.1. The Bertz CT molecular complexity index is 1730. The van der Waals surface area contributed by atoms with Crippen LogP contribution in [0.3, 0.4) is 0 Å². The van der Waals surface area contributed by atoms with Crippen molar-refractivity contribution in [2.24, 2.45) is 10.8 Å². The van der Waals surface area contributed by atoms with Crippen LogP contribution in [0.1, 0.15) is 16.1 Å². The van der Waals surface area contributed by atoms with E-state index in [1.165, 1.54) is 23.5 Å². The van der Waals surface area contributed by atoms with Crippen molar-refractivity contribution in [3.05, 3.63) is 123 Å². The Morgan fingerprint density at radius 1 is 1.05 bits per heavy atom. The summed E-state index contributed by atoms with van der Waals surface area (Å²) in [6.07, 6.45) is 3.59. The topological polar surface area (TPSA) is 124 Å². The Morgan fingerprint density at radius 3 is 2.33 bits per heavy atom. The summed E-state index contributed by atoms with van der Waals surface area (Å²) in [6, 6.07) is 28.3. The number of nitro groups is 1. The quantitative estimate of drug-likeness (QED) is 0.100. The largest absolute Gasteiger partial charge is 0.375 e. The van der Waals surface area contributed by atoms with Crippen molar-refractivity contribution >= 4 is 46.1 Å². The fraction of sp³-hybridized carbons (Fsp3) is 0.0345. The maximum Gasteiger partial charge on any atom is 0.269 e. The summed E-state index contributed by atoms with van der Waals surface area (Å²) in [7, 11) is 0. The van der Waals surface area contributed by atoms with Gasteiger partial charge in [0.05, 0.1) is 26.9 Å². The third-order valence-electron chi connectivity index (χ3n) is 5.87. The Labute approximate surface area is 239 Å². The molecule has 0 spiro atoms. The highest BCUT2D eigenvalue weighted by Gasteiger charge is 2.19. The second-order valence-corrected chi connectivity index (χ2v) is 10.0. The second-order valence-electron chi connectivity index (χ2n) is 8.62. The molecule has 2 heterocycles. The normalized spacial score (nSPS) is 11.6. The van der Waals surface area contributed by atoms with Crippen LogP contribution in [0.5, 0.6) is 0 Å². The lowest BCUT2D eigenvalue weighted by molar-refractivity contribution is -0.384. The van der Waals surface area contributed by atoms with E-state index in [2.05, 4.69) is 16.6 Å². The van der Waals surface area contributed by atoms with Gasteiger partial charge < -0.3 is 5.73 Å². The van der Waals surface area contributed by atoms with Crippen molar-refractivity contribution in [2.45, 2.75) is 6.92 Å². The zero-order valence-corrected chi connectivity index (χ0v) is 22.9. The average Bonchev–Trinajstić information content (AvgIpc) is 3.58. The van der Waals surface area contributed by atoms with Crippen LogP contribution in [-0.4, -0.2) is 30.5 Å². The van der Waals surface area contributed by atoms with Crippen LogP contribution in [0.25, 0.3) is 33.7 Å². The molecule has 9 nitrogen and oxygen atoms in total. The molecule has 5 rings (SSSR count). The highest BCUT2D eigenvalue weighted by atomic mass is 32.1. The molecular weight excluding hydrogens is 543 g/mol. The minimum Gasteiger partial charge on any atom is -0.375 e. The van der Waals surface area contributed by atoms with Gasteiger partial charge in [0.1, 0.15) is 5.71 Å². The van der Waals surface area contributed by atoms with Crippen LogP contribution in [0.4, 0.5) is 5.69 Å². The van der Waals surface area contributed by atoms with E-state index in [0.29, 0.717) is 10.8 Å². The van der Waals surface area contributed by atoms with E-state index in [1.807, 2.05) is 72.3 Å². The number of nitrogens with two attached hydrogens (primary N) is 1. The van der Waals surface area contributed by atoms with Crippen LogP contribution in [-0.2, 0) is 0 Å². The number of hydrazone groups is 1. The summed E-state index contributed by atoms with van der Waals surface area (Å²) in [5.41, 5.74) is 14.1. The number of allylic oxidation sites excluding steroid dienone is 1. The molecule has 40 heavy (non-hydrogen) atoms. The molecule has 0 saturated heterocycles. The van der Waals surface area contributed by atoms with Gasteiger partial charge in [-0.15, -0.1) is 0 Å². The van der Waals surface area contributed by atoms with Gasteiger partial charge in [-0.3, -0.25) is 15.5 Å². The molecule has 3 aromatic carbocycles. The standard InChI is InChI=1S/C29H23N7O2S2/c1-19-27(24(32-33-28(30)39)17-14-20-12-15-23(16-13-20)36(37)38)40-29(31-19)35-26(22-10-6-3-7-11-22)18-25(34-35)21-8-4-2-5-9-21/h2-18H,1H3,(H3,30,33,39)/b17-14?,32-24+. The lowest BCUT2D eigenvalue weighted by Gasteiger charge is -2.04. The van der Waals surface area contributed by atoms with E-state index in [0.717, 1.165) is 38.6 Å². The van der Waals surface area contributed by atoms with Crippen molar-refractivity contribution in [1.29, 1.82) is 0 Å². The van der Waals surface area contributed by atoms with Crippen molar-refractivity contribution in [2.75, 3.05) is 0 Å². The number of aryl methyl sites for hydroxylation is 1. The first-order chi connectivity index (χ1) is 19.4. The molecule has 0 radical (unpaired) electrons. The van der Waals surface area contributed by atoms with Crippen molar-refractivity contribution < 1.29 is 4.92 Å². The summed E-state index contributed by atoms with van der Waals surface area (Å²) in [6.45, 7) is 1.90.